The van der Waals surface area contributed by atoms with Gasteiger partial charge in [-0.15, -0.1) is 0 Å². The van der Waals surface area contributed by atoms with E-state index in [1.165, 1.54) is 38.9 Å². The smallest absolute Gasteiger partial charge is 0.0999 e. The fourth-order valence-corrected chi connectivity index (χ4v) is 4.27. The highest BCUT2D eigenvalue weighted by Gasteiger charge is 2.60. The first-order valence-electron chi connectivity index (χ1n) is 5.23. The van der Waals surface area contributed by atoms with Crippen LogP contribution in [0.4, 0.5) is 0 Å². The lowest BCUT2D eigenvalue weighted by Gasteiger charge is -2.37. The van der Waals surface area contributed by atoms with E-state index in [0.29, 0.717) is 0 Å². The molecule has 0 aromatic heterocycles. The van der Waals surface area contributed by atoms with E-state index in [-0.39, 0.29) is 0 Å². The topological polar surface area (TPSA) is 0 Å². The predicted molar refractivity (Wildman–Crippen MR) is 45.3 cm³/mol. The highest BCUT2D eigenvalue weighted by Crippen LogP contribution is 2.52. The fraction of sp³-hybridized carbons (Fsp3) is 1.00. The van der Waals surface area contributed by atoms with Crippen LogP contribution in [-0.2, 0) is 0 Å². The van der Waals surface area contributed by atoms with Crippen LogP contribution in [0.5, 0.6) is 0 Å². The normalized spacial score (nSPS) is 54.5. The molecule has 0 aromatic carbocycles. The van der Waals surface area contributed by atoms with Gasteiger partial charge in [-0.1, -0.05) is 0 Å². The highest BCUT2D eigenvalue weighted by molar-refractivity contribution is 4.94. The van der Waals surface area contributed by atoms with Crippen LogP contribution in [0.25, 0.3) is 0 Å². The molecular formula is C10H18N+. The van der Waals surface area contributed by atoms with Crippen LogP contribution < -0.4 is 0 Å². The SMILES string of the molecule is C1CC23CCC[N+]2(C1)CCC3. The average molecular weight is 152 g/mol. The molecular weight excluding hydrogens is 134 g/mol. The van der Waals surface area contributed by atoms with Crippen molar-refractivity contribution in [3.05, 3.63) is 0 Å². The third-order valence-corrected chi connectivity index (χ3v) is 4.69. The number of hydrogen-bond acceptors (Lipinski definition) is 0. The molecule has 0 bridgehead atoms. The Morgan fingerprint density at radius 1 is 0.727 bits per heavy atom. The molecule has 0 atom stereocenters. The van der Waals surface area contributed by atoms with Crippen molar-refractivity contribution < 1.29 is 4.48 Å². The van der Waals surface area contributed by atoms with Gasteiger partial charge in [0.15, 0.2) is 0 Å². The first-order chi connectivity index (χ1) is 5.37. The Bertz CT molecular complexity index is 138. The molecule has 3 heterocycles. The van der Waals surface area contributed by atoms with Gasteiger partial charge in [0, 0.05) is 38.5 Å². The summed E-state index contributed by atoms with van der Waals surface area (Å²) in [5.41, 5.74) is 0.833. The Morgan fingerprint density at radius 3 is 1.55 bits per heavy atom. The summed E-state index contributed by atoms with van der Waals surface area (Å²) in [6, 6.07) is 0. The van der Waals surface area contributed by atoms with Crippen molar-refractivity contribution in [3.63, 3.8) is 0 Å². The Hall–Kier alpha value is -0.0400. The van der Waals surface area contributed by atoms with Crippen LogP contribution >= 0.6 is 0 Å². The molecule has 11 heavy (non-hydrogen) atoms. The third kappa shape index (κ3) is 0.581. The zero-order chi connectivity index (χ0) is 7.36. The van der Waals surface area contributed by atoms with Gasteiger partial charge in [0.1, 0.15) is 0 Å². The van der Waals surface area contributed by atoms with E-state index in [2.05, 4.69) is 0 Å². The van der Waals surface area contributed by atoms with E-state index in [0.717, 1.165) is 5.54 Å². The van der Waals surface area contributed by atoms with Crippen molar-refractivity contribution >= 4 is 0 Å². The predicted octanol–water partition coefficient (Wildman–Crippen LogP) is 1.92. The molecule has 0 amide bonds. The lowest BCUT2D eigenvalue weighted by molar-refractivity contribution is -0.938. The molecule has 0 saturated carbocycles. The van der Waals surface area contributed by atoms with Gasteiger partial charge in [-0.25, -0.2) is 0 Å². The summed E-state index contributed by atoms with van der Waals surface area (Å²) in [5.74, 6) is 0. The van der Waals surface area contributed by atoms with Gasteiger partial charge in [0.2, 0.25) is 0 Å². The molecule has 3 fully saturated rings. The molecule has 3 rings (SSSR count). The summed E-state index contributed by atoms with van der Waals surface area (Å²) < 4.78 is 1.56. The molecule has 1 nitrogen and oxygen atoms in total. The van der Waals surface area contributed by atoms with Crippen molar-refractivity contribution in [3.8, 4) is 0 Å². The maximum atomic E-state index is 1.56. The molecule has 0 aliphatic carbocycles. The minimum atomic E-state index is 0.833. The zero-order valence-corrected chi connectivity index (χ0v) is 7.31. The maximum Gasteiger partial charge on any atom is 0.0999 e. The van der Waals surface area contributed by atoms with E-state index < -0.39 is 0 Å². The van der Waals surface area contributed by atoms with Gasteiger partial charge in [-0.2, -0.15) is 0 Å². The third-order valence-electron chi connectivity index (χ3n) is 4.69. The second-order valence-corrected chi connectivity index (χ2v) is 4.85. The van der Waals surface area contributed by atoms with Crippen LogP contribution in [0.3, 0.4) is 0 Å². The van der Waals surface area contributed by atoms with E-state index in [1.54, 1.807) is 23.7 Å². The largest absolute Gasteiger partial charge is 0.319 e. The summed E-state index contributed by atoms with van der Waals surface area (Å²) in [6.07, 6.45) is 9.27. The second-order valence-electron chi connectivity index (χ2n) is 4.85. The Balaban J connectivity index is 2.06. The van der Waals surface area contributed by atoms with Crippen molar-refractivity contribution in [2.45, 2.75) is 44.1 Å². The summed E-state index contributed by atoms with van der Waals surface area (Å²) >= 11 is 0. The molecule has 0 radical (unpaired) electrons. The van der Waals surface area contributed by atoms with Crippen LogP contribution in [0, 0.1) is 0 Å². The highest BCUT2D eigenvalue weighted by atomic mass is 15.5. The van der Waals surface area contributed by atoms with Crippen LogP contribution in [0.15, 0.2) is 0 Å². The molecule has 0 unspecified atom stereocenters. The standard InChI is InChI=1S/C10H18N/c1-4-10-5-2-8-11(10,7-1)9-3-6-10/h1-9H2/q+1. The average Bonchev–Trinajstić information content (AvgIpc) is 2.40. The molecule has 0 spiro atoms. The van der Waals surface area contributed by atoms with Crippen molar-refractivity contribution in [2.75, 3.05) is 19.6 Å². The van der Waals surface area contributed by atoms with Gasteiger partial charge in [-0.05, 0) is 0 Å². The number of hydrogen-bond donors (Lipinski definition) is 0. The Morgan fingerprint density at radius 2 is 1.18 bits per heavy atom. The number of nitrogens with zero attached hydrogens (tertiary/aromatic N) is 1. The minimum absolute atomic E-state index is 0.833. The lowest BCUT2D eigenvalue weighted by Crippen LogP contribution is -2.51. The first kappa shape index (κ1) is 6.47. The quantitative estimate of drug-likeness (QED) is 0.465. The number of quaternary nitrogens is 1. The van der Waals surface area contributed by atoms with Crippen LogP contribution in [0.2, 0.25) is 0 Å². The molecule has 62 valence electrons. The lowest BCUT2D eigenvalue weighted by atomic mass is 9.91. The van der Waals surface area contributed by atoms with E-state index in [1.807, 2.05) is 0 Å². The summed E-state index contributed by atoms with van der Waals surface area (Å²) in [7, 11) is 0. The van der Waals surface area contributed by atoms with Gasteiger partial charge < -0.3 is 4.48 Å². The fourth-order valence-electron chi connectivity index (χ4n) is 4.27. The molecule has 0 aromatic rings. The zero-order valence-electron chi connectivity index (χ0n) is 7.31. The molecule has 1 heteroatoms. The van der Waals surface area contributed by atoms with Crippen molar-refractivity contribution in [1.82, 2.24) is 0 Å². The summed E-state index contributed by atoms with van der Waals surface area (Å²) in [6.45, 7) is 4.58. The molecule has 3 aliphatic heterocycles. The molecule has 3 aliphatic rings. The van der Waals surface area contributed by atoms with Crippen LogP contribution in [-0.4, -0.2) is 29.7 Å². The molecule has 3 saturated heterocycles. The monoisotopic (exact) mass is 152 g/mol. The van der Waals surface area contributed by atoms with Crippen molar-refractivity contribution in [1.29, 1.82) is 0 Å². The summed E-state index contributed by atoms with van der Waals surface area (Å²) in [4.78, 5) is 0. The maximum absolute atomic E-state index is 1.56. The van der Waals surface area contributed by atoms with E-state index in [4.69, 9.17) is 0 Å². The second kappa shape index (κ2) is 1.82. The van der Waals surface area contributed by atoms with Gasteiger partial charge in [0.05, 0.1) is 25.2 Å². The minimum Gasteiger partial charge on any atom is -0.319 e. The van der Waals surface area contributed by atoms with E-state index in [9.17, 15) is 0 Å². The van der Waals surface area contributed by atoms with Crippen molar-refractivity contribution in [2.24, 2.45) is 0 Å². The summed E-state index contributed by atoms with van der Waals surface area (Å²) in [5, 5.41) is 0. The Labute approximate surface area is 69.0 Å². The van der Waals surface area contributed by atoms with Gasteiger partial charge in [0.25, 0.3) is 0 Å². The Kier molecular flexibility index (Phi) is 1.07. The van der Waals surface area contributed by atoms with Gasteiger partial charge >= 0.3 is 0 Å². The first-order valence-corrected chi connectivity index (χ1v) is 5.23. The number of rotatable bonds is 0. The molecule has 0 N–H and O–H groups in total. The van der Waals surface area contributed by atoms with Gasteiger partial charge in [-0.3, -0.25) is 0 Å². The van der Waals surface area contributed by atoms with E-state index >= 15 is 0 Å². The van der Waals surface area contributed by atoms with Crippen LogP contribution in [0.1, 0.15) is 38.5 Å².